The second-order valence-electron chi connectivity index (χ2n) is 4.56. The highest BCUT2D eigenvalue weighted by molar-refractivity contribution is 5.43. The van der Waals surface area contributed by atoms with Gasteiger partial charge in [0.2, 0.25) is 0 Å². The molecule has 0 spiro atoms. The van der Waals surface area contributed by atoms with E-state index in [-0.39, 0.29) is 0 Å². The molecule has 1 N–H and O–H groups in total. The van der Waals surface area contributed by atoms with Gasteiger partial charge in [0.15, 0.2) is 11.5 Å². The molecule has 0 amide bonds. The number of rotatable bonds is 6. The van der Waals surface area contributed by atoms with Crippen molar-refractivity contribution in [2.24, 2.45) is 0 Å². The number of methoxy groups -OCH3 is 2. The van der Waals surface area contributed by atoms with Crippen LogP contribution in [-0.2, 0) is 12.8 Å². The van der Waals surface area contributed by atoms with Crippen molar-refractivity contribution in [3.8, 4) is 11.5 Å². The molecule has 0 saturated heterocycles. The van der Waals surface area contributed by atoms with E-state index in [2.05, 4.69) is 0 Å². The number of hydrogen-bond donors (Lipinski definition) is 1. The molecular formula is C16H20O4. The van der Waals surface area contributed by atoms with E-state index < -0.39 is 6.10 Å². The van der Waals surface area contributed by atoms with Gasteiger partial charge in [-0.2, -0.15) is 0 Å². The number of aryl methyl sites for hydroxylation is 1. The molecule has 20 heavy (non-hydrogen) atoms. The standard InChI is InChI=1S/C16H20O4/c1-4-14-12(7-8-20-14)13(17)9-11-5-6-15(18-2)16(10-11)19-3/h5-8,10,13,17H,4,9H2,1-3H3. The largest absolute Gasteiger partial charge is 0.493 e. The molecule has 0 fully saturated rings. The van der Waals surface area contributed by atoms with Crippen molar-refractivity contribution in [1.29, 1.82) is 0 Å². The Morgan fingerprint density at radius 3 is 2.55 bits per heavy atom. The lowest BCUT2D eigenvalue weighted by molar-refractivity contribution is 0.176. The number of ether oxygens (including phenoxy) is 2. The van der Waals surface area contributed by atoms with Crippen molar-refractivity contribution in [3.05, 3.63) is 47.4 Å². The van der Waals surface area contributed by atoms with Crippen molar-refractivity contribution in [2.45, 2.75) is 25.9 Å². The third-order valence-electron chi connectivity index (χ3n) is 3.34. The first-order valence-electron chi connectivity index (χ1n) is 6.64. The number of aliphatic hydroxyl groups is 1. The molecule has 2 rings (SSSR count). The summed E-state index contributed by atoms with van der Waals surface area (Å²) in [4.78, 5) is 0. The highest BCUT2D eigenvalue weighted by atomic mass is 16.5. The maximum Gasteiger partial charge on any atom is 0.160 e. The van der Waals surface area contributed by atoms with Crippen LogP contribution in [0.4, 0.5) is 0 Å². The third-order valence-corrected chi connectivity index (χ3v) is 3.34. The van der Waals surface area contributed by atoms with Crippen LogP contribution in [0.3, 0.4) is 0 Å². The zero-order chi connectivity index (χ0) is 14.5. The van der Waals surface area contributed by atoms with Gasteiger partial charge < -0.3 is 19.0 Å². The molecule has 1 aromatic heterocycles. The van der Waals surface area contributed by atoms with Crippen LogP contribution in [0.1, 0.15) is 29.9 Å². The van der Waals surface area contributed by atoms with Crippen LogP contribution in [0.2, 0.25) is 0 Å². The average molecular weight is 276 g/mol. The smallest absolute Gasteiger partial charge is 0.160 e. The molecule has 0 aliphatic heterocycles. The molecule has 4 nitrogen and oxygen atoms in total. The first kappa shape index (κ1) is 14.5. The molecule has 1 heterocycles. The van der Waals surface area contributed by atoms with Crippen molar-refractivity contribution >= 4 is 0 Å². The van der Waals surface area contributed by atoms with Crippen LogP contribution in [0, 0.1) is 0 Å². The molecule has 0 aliphatic carbocycles. The number of hydrogen-bond acceptors (Lipinski definition) is 4. The lowest BCUT2D eigenvalue weighted by Gasteiger charge is -2.13. The van der Waals surface area contributed by atoms with Crippen molar-refractivity contribution < 1.29 is 19.0 Å². The van der Waals surface area contributed by atoms with E-state index in [9.17, 15) is 5.11 Å². The summed E-state index contributed by atoms with van der Waals surface area (Å²) >= 11 is 0. The van der Waals surface area contributed by atoms with Gasteiger partial charge in [0.1, 0.15) is 5.76 Å². The van der Waals surface area contributed by atoms with Gasteiger partial charge in [-0.3, -0.25) is 0 Å². The van der Waals surface area contributed by atoms with E-state index in [4.69, 9.17) is 13.9 Å². The van der Waals surface area contributed by atoms with E-state index in [1.165, 1.54) is 0 Å². The average Bonchev–Trinajstić information content (AvgIpc) is 2.95. The Kier molecular flexibility index (Phi) is 4.69. The Morgan fingerprint density at radius 1 is 1.15 bits per heavy atom. The fourth-order valence-corrected chi connectivity index (χ4v) is 2.28. The predicted octanol–water partition coefficient (Wildman–Crippen LogP) is 3.14. The van der Waals surface area contributed by atoms with E-state index in [1.54, 1.807) is 20.5 Å². The first-order valence-corrected chi connectivity index (χ1v) is 6.64. The van der Waals surface area contributed by atoms with Crippen LogP contribution < -0.4 is 9.47 Å². The molecule has 1 unspecified atom stereocenters. The molecule has 1 aromatic carbocycles. The van der Waals surface area contributed by atoms with Gasteiger partial charge in [-0.25, -0.2) is 0 Å². The second-order valence-corrected chi connectivity index (χ2v) is 4.56. The lowest BCUT2D eigenvalue weighted by atomic mass is 10.0. The quantitative estimate of drug-likeness (QED) is 0.880. The van der Waals surface area contributed by atoms with Crippen molar-refractivity contribution in [1.82, 2.24) is 0 Å². The van der Waals surface area contributed by atoms with E-state index in [0.717, 1.165) is 23.3 Å². The van der Waals surface area contributed by atoms with Crippen molar-refractivity contribution in [3.63, 3.8) is 0 Å². The molecule has 1 atom stereocenters. The maximum atomic E-state index is 10.3. The normalized spacial score (nSPS) is 12.2. The number of furan rings is 1. The summed E-state index contributed by atoms with van der Waals surface area (Å²) in [6, 6.07) is 7.48. The van der Waals surface area contributed by atoms with Crippen LogP contribution in [0.15, 0.2) is 34.9 Å². The summed E-state index contributed by atoms with van der Waals surface area (Å²) in [5, 5.41) is 10.3. The topological polar surface area (TPSA) is 51.8 Å². The zero-order valence-corrected chi connectivity index (χ0v) is 12.1. The number of benzene rings is 1. The summed E-state index contributed by atoms with van der Waals surface area (Å²) < 4.78 is 15.8. The van der Waals surface area contributed by atoms with Gasteiger partial charge in [0.25, 0.3) is 0 Å². The lowest BCUT2D eigenvalue weighted by Crippen LogP contribution is -2.03. The highest BCUT2D eigenvalue weighted by Crippen LogP contribution is 2.30. The van der Waals surface area contributed by atoms with Gasteiger partial charge in [0.05, 0.1) is 26.6 Å². The molecule has 108 valence electrons. The SMILES string of the molecule is CCc1occc1C(O)Cc1ccc(OC)c(OC)c1. The zero-order valence-electron chi connectivity index (χ0n) is 12.1. The summed E-state index contributed by atoms with van der Waals surface area (Å²) in [5.74, 6) is 2.18. The summed E-state index contributed by atoms with van der Waals surface area (Å²) in [6.45, 7) is 2.01. The van der Waals surface area contributed by atoms with Gasteiger partial charge in [-0.05, 0) is 23.8 Å². The maximum absolute atomic E-state index is 10.3. The van der Waals surface area contributed by atoms with Crippen LogP contribution in [0.25, 0.3) is 0 Å². The summed E-state index contributed by atoms with van der Waals surface area (Å²) in [6.07, 6.45) is 2.31. The predicted molar refractivity (Wildman–Crippen MR) is 76.3 cm³/mol. The number of aliphatic hydroxyl groups excluding tert-OH is 1. The Labute approximate surface area is 118 Å². The highest BCUT2D eigenvalue weighted by Gasteiger charge is 2.16. The fraction of sp³-hybridized carbons (Fsp3) is 0.375. The van der Waals surface area contributed by atoms with Gasteiger partial charge >= 0.3 is 0 Å². The van der Waals surface area contributed by atoms with Crippen molar-refractivity contribution in [2.75, 3.05) is 14.2 Å². The van der Waals surface area contributed by atoms with Gasteiger partial charge in [0, 0.05) is 18.4 Å². The van der Waals surface area contributed by atoms with Gasteiger partial charge in [-0.15, -0.1) is 0 Å². The first-order chi connectivity index (χ1) is 9.69. The summed E-state index contributed by atoms with van der Waals surface area (Å²) in [7, 11) is 3.20. The molecule has 0 saturated carbocycles. The second kappa shape index (κ2) is 6.48. The Balaban J connectivity index is 2.17. The molecular weight excluding hydrogens is 256 g/mol. The Hall–Kier alpha value is -1.94. The minimum Gasteiger partial charge on any atom is -0.493 e. The van der Waals surface area contributed by atoms with Gasteiger partial charge in [-0.1, -0.05) is 13.0 Å². The van der Waals surface area contributed by atoms with E-state index >= 15 is 0 Å². The Morgan fingerprint density at radius 2 is 1.90 bits per heavy atom. The molecule has 4 heteroatoms. The van der Waals surface area contributed by atoms with Crippen LogP contribution >= 0.6 is 0 Å². The summed E-state index contributed by atoms with van der Waals surface area (Å²) in [5.41, 5.74) is 1.83. The Bertz CT molecular complexity index is 559. The van der Waals surface area contributed by atoms with E-state index in [1.807, 2.05) is 31.2 Å². The minimum atomic E-state index is -0.582. The molecule has 0 bridgehead atoms. The van der Waals surface area contributed by atoms with Crippen LogP contribution in [-0.4, -0.2) is 19.3 Å². The third kappa shape index (κ3) is 2.96. The molecule has 0 aliphatic rings. The fourth-order valence-electron chi connectivity index (χ4n) is 2.28. The van der Waals surface area contributed by atoms with E-state index in [0.29, 0.717) is 17.9 Å². The minimum absolute atomic E-state index is 0.507. The molecule has 2 aromatic rings. The monoisotopic (exact) mass is 276 g/mol. The van der Waals surface area contributed by atoms with Crippen LogP contribution in [0.5, 0.6) is 11.5 Å². The molecule has 0 radical (unpaired) electrons.